The molecule has 2 aromatic rings. The molecule has 5 nitrogen and oxygen atoms in total. The Balaban J connectivity index is 1.79. The average Bonchev–Trinajstić information content (AvgIpc) is 3.09. The van der Waals surface area contributed by atoms with Crippen LogP contribution in [0, 0.1) is 0 Å². The number of rotatable bonds is 4. The lowest BCUT2D eigenvalue weighted by Gasteiger charge is -2.20. The maximum atomic E-state index is 12.8. The predicted molar refractivity (Wildman–Crippen MR) is 84.5 cm³/mol. The topological polar surface area (TPSA) is 58.1 Å². The number of aromatic nitrogens is 2. The van der Waals surface area contributed by atoms with Gasteiger partial charge >= 0.3 is 0 Å². The zero-order valence-electron chi connectivity index (χ0n) is 12.7. The summed E-state index contributed by atoms with van der Waals surface area (Å²) in [6, 6.07) is 9.76. The van der Waals surface area contributed by atoms with Crippen molar-refractivity contribution in [3.63, 3.8) is 0 Å². The highest BCUT2D eigenvalue weighted by Gasteiger charge is 2.23. The number of hydrogen-bond donors (Lipinski definition) is 1. The van der Waals surface area contributed by atoms with Gasteiger partial charge in [-0.05, 0) is 36.6 Å². The van der Waals surface area contributed by atoms with Crippen molar-refractivity contribution in [2.24, 2.45) is 0 Å². The largest absolute Gasteiger partial charge is 0.336 e. The maximum Gasteiger partial charge on any atom is 0.254 e. The zero-order chi connectivity index (χ0) is 15.4. The minimum absolute atomic E-state index is 0.0427. The highest BCUT2D eigenvalue weighted by atomic mass is 16.2. The Labute approximate surface area is 130 Å². The second-order valence-electron chi connectivity index (χ2n) is 5.64. The summed E-state index contributed by atoms with van der Waals surface area (Å²) < 4.78 is 0. The van der Waals surface area contributed by atoms with Crippen LogP contribution in [0.2, 0.25) is 0 Å². The van der Waals surface area contributed by atoms with Gasteiger partial charge in [0.25, 0.3) is 5.91 Å². The van der Waals surface area contributed by atoms with E-state index in [9.17, 15) is 4.79 Å². The molecule has 1 atom stereocenters. The Morgan fingerprint density at radius 3 is 2.95 bits per heavy atom. The van der Waals surface area contributed by atoms with E-state index < -0.39 is 0 Å². The van der Waals surface area contributed by atoms with Crippen LogP contribution in [0.1, 0.15) is 34.0 Å². The minimum atomic E-state index is 0.0427. The Kier molecular flexibility index (Phi) is 4.44. The van der Waals surface area contributed by atoms with Crippen LogP contribution in [-0.4, -0.2) is 40.9 Å². The zero-order valence-corrected chi connectivity index (χ0v) is 12.7. The molecular formula is C17H20N4O. The van der Waals surface area contributed by atoms with Crippen LogP contribution in [0.4, 0.5) is 0 Å². The van der Waals surface area contributed by atoms with Gasteiger partial charge in [-0.25, -0.2) is 9.97 Å². The summed E-state index contributed by atoms with van der Waals surface area (Å²) in [5.41, 5.74) is 2.78. The SMILES string of the molecule is CN(Cc1ccncn1)C(=O)c1ccccc1C1CCNC1. The van der Waals surface area contributed by atoms with Crippen LogP contribution in [0.15, 0.2) is 42.9 Å². The molecule has 22 heavy (non-hydrogen) atoms. The number of benzene rings is 1. The fourth-order valence-corrected chi connectivity index (χ4v) is 2.90. The van der Waals surface area contributed by atoms with E-state index in [4.69, 9.17) is 0 Å². The molecule has 0 bridgehead atoms. The molecule has 1 N–H and O–H groups in total. The summed E-state index contributed by atoms with van der Waals surface area (Å²) in [6.45, 7) is 2.45. The summed E-state index contributed by atoms with van der Waals surface area (Å²) in [6.07, 6.45) is 4.28. The number of amides is 1. The van der Waals surface area contributed by atoms with Gasteiger partial charge in [0.2, 0.25) is 0 Å². The Morgan fingerprint density at radius 1 is 1.36 bits per heavy atom. The second-order valence-corrected chi connectivity index (χ2v) is 5.64. The van der Waals surface area contributed by atoms with Crippen LogP contribution in [0.3, 0.4) is 0 Å². The number of nitrogens with one attached hydrogen (secondary N) is 1. The summed E-state index contributed by atoms with van der Waals surface area (Å²) in [5.74, 6) is 0.466. The van der Waals surface area contributed by atoms with E-state index in [1.54, 1.807) is 11.1 Å². The molecular weight excluding hydrogens is 276 g/mol. The first-order valence-corrected chi connectivity index (χ1v) is 7.55. The molecule has 1 aromatic carbocycles. The molecule has 0 radical (unpaired) electrons. The quantitative estimate of drug-likeness (QED) is 0.935. The van der Waals surface area contributed by atoms with Gasteiger partial charge in [0.1, 0.15) is 6.33 Å². The third-order valence-corrected chi connectivity index (χ3v) is 4.08. The van der Waals surface area contributed by atoms with Gasteiger partial charge < -0.3 is 10.2 Å². The minimum Gasteiger partial charge on any atom is -0.336 e. The van der Waals surface area contributed by atoms with E-state index in [1.165, 1.54) is 6.33 Å². The summed E-state index contributed by atoms with van der Waals surface area (Å²) in [5, 5.41) is 3.36. The van der Waals surface area contributed by atoms with Crippen LogP contribution in [0.25, 0.3) is 0 Å². The summed E-state index contributed by atoms with van der Waals surface area (Å²) >= 11 is 0. The molecule has 1 amide bonds. The van der Waals surface area contributed by atoms with Gasteiger partial charge in [0, 0.05) is 25.4 Å². The monoisotopic (exact) mass is 296 g/mol. The average molecular weight is 296 g/mol. The predicted octanol–water partition coefficient (Wildman–Crippen LogP) is 1.83. The van der Waals surface area contributed by atoms with E-state index >= 15 is 0 Å². The highest BCUT2D eigenvalue weighted by molar-refractivity contribution is 5.95. The Bertz CT molecular complexity index is 638. The number of hydrogen-bond acceptors (Lipinski definition) is 4. The van der Waals surface area contributed by atoms with Crippen LogP contribution in [0.5, 0.6) is 0 Å². The third-order valence-electron chi connectivity index (χ3n) is 4.08. The normalized spacial score (nSPS) is 17.4. The number of carbonyl (C=O) groups excluding carboxylic acids is 1. The van der Waals surface area contributed by atoms with E-state index in [0.29, 0.717) is 12.5 Å². The first-order chi connectivity index (χ1) is 10.8. The fourth-order valence-electron chi connectivity index (χ4n) is 2.90. The van der Waals surface area contributed by atoms with E-state index in [1.807, 2.05) is 31.3 Å². The van der Waals surface area contributed by atoms with Gasteiger partial charge in [0.05, 0.1) is 12.2 Å². The van der Waals surface area contributed by atoms with Crippen molar-refractivity contribution in [1.82, 2.24) is 20.2 Å². The first kappa shape index (κ1) is 14.7. The van der Waals surface area contributed by atoms with E-state index in [2.05, 4.69) is 21.4 Å². The highest BCUT2D eigenvalue weighted by Crippen LogP contribution is 2.26. The fraction of sp³-hybridized carbons (Fsp3) is 0.353. The standard InChI is InChI=1S/C17H20N4O/c1-21(11-14-7-9-19-12-20-14)17(22)16-5-3-2-4-15(16)13-6-8-18-10-13/h2-5,7,9,12-13,18H,6,8,10-11H2,1H3. The van der Waals surface area contributed by atoms with E-state index in [0.717, 1.165) is 36.3 Å². The molecule has 0 saturated carbocycles. The molecule has 1 aromatic heterocycles. The Morgan fingerprint density at radius 2 is 2.23 bits per heavy atom. The van der Waals surface area contributed by atoms with Gasteiger partial charge in [-0.2, -0.15) is 0 Å². The molecule has 114 valence electrons. The van der Waals surface area contributed by atoms with Gasteiger partial charge in [-0.3, -0.25) is 4.79 Å². The van der Waals surface area contributed by atoms with Crippen LogP contribution in [-0.2, 0) is 6.54 Å². The molecule has 1 unspecified atom stereocenters. The molecule has 5 heteroatoms. The van der Waals surface area contributed by atoms with Crippen LogP contribution >= 0.6 is 0 Å². The van der Waals surface area contributed by atoms with Gasteiger partial charge in [0.15, 0.2) is 0 Å². The molecule has 1 fully saturated rings. The maximum absolute atomic E-state index is 12.8. The van der Waals surface area contributed by atoms with Crippen molar-refractivity contribution in [1.29, 1.82) is 0 Å². The number of carbonyl (C=O) groups is 1. The molecule has 0 spiro atoms. The lowest BCUT2D eigenvalue weighted by Crippen LogP contribution is -2.28. The van der Waals surface area contributed by atoms with Crippen molar-refractivity contribution in [3.8, 4) is 0 Å². The van der Waals surface area contributed by atoms with Crippen molar-refractivity contribution in [3.05, 3.63) is 59.7 Å². The summed E-state index contributed by atoms with van der Waals surface area (Å²) in [4.78, 5) is 22.6. The smallest absolute Gasteiger partial charge is 0.254 e. The molecule has 3 rings (SSSR count). The third kappa shape index (κ3) is 3.14. The van der Waals surface area contributed by atoms with E-state index in [-0.39, 0.29) is 5.91 Å². The van der Waals surface area contributed by atoms with Crippen molar-refractivity contribution in [2.45, 2.75) is 18.9 Å². The molecule has 1 aliphatic rings. The molecule has 1 aliphatic heterocycles. The molecule has 1 saturated heterocycles. The van der Waals surface area contributed by atoms with Crippen molar-refractivity contribution in [2.75, 3.05) is 20.1 Å². The number of nitrogens with zero attached hydrogens (tertiary/aromatic N) is 3. The molecule has 0 aliphatic carbocycles. The Hall–Kier alpha value is -2.27. The first-order valence-electron chi connectivity index (χ1n) is 7.55. The van der Waals surface area contributed by atoms with Crippen molar-refractivity contribution < 1.29 is 4.79 Å². The van der Waals surface area contributed by atoms with Gasteiger partial charge in [-0.15, -0.1) is 0 Å². The lowest BCUT2D eigenvalue weighted by molar-refractivity contribution is 0.0782. The summed E-state index contributed by atoms with van der Waals surface area (Å²) in [7, 11) is 1.81. The van der Waals surface area contributed by atoms with Gasteiger partial charge in [-0.1, -0.05) is 18.2 Å². The van der Waals surface area contributed by atoms with Crippen LogP contribution < -0.4 is 5.32 Å². The lowest BCUT2D eigenvalue weighted by atomic mass is 9.93. The van der Waals surface area contributed by atoms with Crippen molar-refractivity contribution >= 4 is 5.91 Å². The second kappa shape index (κ2) is 6.66. The molecule has 2 heterocycles.